The van der Waals surface area contributed by atoms with Gasteiger partial charge in [0.05, 0.1) is 27.2 Å². The molecule has 0 radical (unpaired) electrons. The molecule has 3 rings (SSSR count). The van der Waals surface area contributed by atoms with E-state index in [9.17, 15) is 22.4 Å². The largest absolute Gasteiger partial charge is 0.494 e. The average molecular weight is 597 g/mol. The van der Waals surface area contributed by atoms with Crippen molar-refractivity contribution < 1.29 is 27.1 Å². The predicted molar refractivity (Wildman–Crippen MR) is 149 cm³/mol. The van der Waals surface area contributed by atoms with Crippen LogP contribution in [-0.2, 0) is 26.2 Å². The Balaban J connectivity index is 2.04. The molecular weight excluding hydrogens is 568 g/mol. The number of benzene rings is 3. The van der Waals surface area contributed by atoms with E-state index in [1.807, 2.05) is 6.92 Å². The minimum Gasteiger partial charge on any atom is -0.494 e. The van der Waals surface area contributed by atoms with Crippen molar-refractivity contribution in [2.75, 3.05) is 24.5 Å². The molecule has 2 amide bonds. The Morgan fingerprint density at radius 2 is 1.64 bits per heavy atom. The van der Waals surface area contributed by atoms with Crippen molar-refractivity contribution in [1.82, 2.24) is 10.2 Å². The molecule has 12 heteroatoms. The first-order valence-corrected chi connectivity index (χ1v) is 14.1. The molecule has 0 saturated carbocycles. The lowest BCUT2D eigenvalue weighted by Gasteiger charge is -2.32. The maximum atomic E-state index is 13.7. The van der Waals surface area contributed by atoms with Gasteiger partial charge in [0, 0.05) is 13.6 Å². The fourth-order valence-corrected chi connectivity index (χ4v) is 5.50. The maximum Gasteiger partial charge on any atom is 0.264 e. The fraction of sp³-hybridized carbons (Fsp3) is 0.259. The Kier molecular flexibility index (Phi) is 10.2. The molecule has 0 unspecified atom stereocenters. The first kappa shape index (κ1) is 30.2. The summed E-state index contributed by atoms with van der Waals surface area (Å²) in [4.78, 5) is 27.3. The molecule has 208 valence electrons. The van der Waals surface area contributed by atoms with Crippen molar-refractivity contribution in [3.05, 3.63) is 88.2 Å². The van der Waals surface area contributed by atoms with Gasteiger partial charge in [-0.2, -0.15) is 0 Å². The third kappa shape index (κ3) is 7.40. The molecule has 3 aromatic rings. The Labute approximate surface area is 237 Å². The second-order valence-corrected chi connectivity index (χ2v) is 11.1. The minimum atomic E-state index is -4.32. The van der Waals surface area contributed by atoms with Gasteiger partial charge in [0.25, 0.3) is 10.0 Å². The summed E-state index contributed by atoms with van der Waals surface area (Å²) in [6.07, 6.45) is 0. The third-order valence-electron chi connectivity index (χ3n) is 5.87. The van der Waals surface area contributed by atoms with E-state index >= 15 is 0 Å². The SMILES string of the molecule is CCOc1ccc(N(CC(=O)N(Cc2ccc(Cl)c(Cl)c2)[C@@H](C)C(=O)NC)S(=O)(=O)c2ccc(F)cc2)cc1. The van der Waals surface area contributed by atoms with Gasteiger partial charge in [-0.15, -0.1) is 0 Å². The highest BCUT2D eigenvalue weighted by molar-refractivity contribution is 7.92. The lowest BCUT2D eigenvalue weighted by Crippen LogP contribution is -2.50. The average Bonchev–Trinajstić information content (AvgIpc) is 2.92. The predicted octanol–water partition coefficient (Wildman–Crippen LogP) is 4.89. The van der Waals surface area contributed by atoms with Crippen LogP contribution in [0, 0.1) is 5.82 Å². The zero-order chi connectivity index (χ0) is 28.7. The van der Waals surface area contributed by atoms with Gasteiger partial charge in [0.2, 0.25) is 11.8 Å². The molecule has 39 heavy (non-hydrogen) atoms. The molecule has 3 aromatic carbocycles. The first-order valence-electron chi connectivity index (χ1n) is 11.9. The van der Waals surface area contributed by atoms with Crippen molar-refractivity contribution in [1.29, 1.82) is 0 Å². The molecule has 8 nitrogen and oxygen atoms in total. The monoisotopic (exact) mass is 595 g/mol. The molecule has 0 aliphatic rings. The molecule has 0 fully saturated rings. The number of rotatable bonds is 11. The summed E-state index contributed by atoms with van der Waals surface area (Å²) in [6.45, 7) is 3.07. The number of amides is 2. The van der Waals surface area contributed by atoms with Gasteiger partial charge in [-0.05, 0) is 80.1 Å². The van der Waals surface area contributed by atoms with E-state index in [1.54, 1.807) is 30.3 Å². The fourth-order valence-electron chi connectivity index (χ4n) is 3.76. The van der Waals surface area contributed by atoms with Crippen LogP contribution in [0.1, 0.15) is 19.4 Å². The van der Waals surface area contributed by atoms with Gasteiger partial charge in [-0.1, -0.05) is 29.3 Å². The summed E-state index contributed by atoms with van der Waals surface area (Å²) in [7, 11) is -2.89. The highest BCUT2D eigenvalue weighted by Crippen LogP contribution is 2.28. The molecule has 0 aliphatic carbocycles. The maximum absolute atomic E-state index is 13.7. The summed E-state index contributed by atoms with van der Waals surface area (Å²) < 4.78 is 47.3. The smallest absolute Gasteiger partial charge is 0.264 e. The van der Waals surface area contributed by atoms with Crippen LogP contribution in [0.2, 0.25) is 10.0 Å². The van der Waals surface area contributed by atoms with Crippen molar-refractivity contribution in [2.24, 2.45) is 0 Å². The van der Waals surface area contributed by atoms with Crippen LogP contribution in [0.3, 0.4) is 0 Å². The molecule has 0 heterocycles. The molecule has 1 N–H and O–H groups in total. The standard InChI is InChI=1S/C27H28Cl2FN3O5S/c1-4-38-22-10-8-21(9-11-22)33(39(36,37)23-12-6-20(30)7-13-23)17-26(34)32(18(2)27(35)31-3)16-19-5-14-24(28)25(29)15-19/h5-15,18H,4,16-17H2,1-3H3,(H,31,35)/t18-/m0/s1. The molecule has 0 saturated heterocycles. The quantitative estimate of drug-likeness (QED) is 0.340. The van der Waals surface area contributed by atoms with E-state index < -0.39 is 40.2 Å². The van der Waals surface area contributed by atoms with Crippen LogP contribution < -0.4 is 14.4 Å². The molecule has 0 aliphatic heterocycles. The van der Waals surface area contributed by atoms with Crippen molar-refractivity contribution >= 4 is 50.7 Å². The van der Waals surface area contributed by atoms with Crippen molar-refractivity contribution in [2.45, 2.75) is 31.3 Å². The Morgan fingerprint density at radius 3 is 2.21 bits per heavy atom. The van der Waals surface area contributed by atoms with Crippen LogP contribution in [0.25, 0.3) is 0 Å². The number of halogens is 3. The van der Waals surface area contributed by atoms with Gasteiger partial charge in [-0.25, -0.2) is 12.8 Å². The van der Waals surface area contributed by atoms with Gasteiger partial charge >= 0.3 is 0 Å². The van der Waals surface area contributed by atoms with Gasteiger partial charge in [0.1, 0.15) is 24.2 Å². The topological polar surface area (TPSA) is 96.0 Å². The lowest BCUT2D eigenvalue weighted by molar-refractivity contribution is -0.139. The molecule has 0 aromatic heterocycles. The molecule has 0 bridgehead atoms. The van der Waals surface area contributed by atoms with Crippen molar-refractivity contribution in [3.8, 4) is 5.75 Å². The number of ether oxygens (including phenoxy) is 1. The summed E-state index contributed by atoms with van der Waals surface area (Å²) >= 11 is 12.2. The second kappa shape index (κ2) is 13.1. The van der Waals surface area contributed by atoms with E-state index in [1.165, 1.54) is 31.0 Å². The van der Waals surface area contributed by atoms with E-state index in [0.29, 0.717) is 22.9 Å². The van der Waals surface area contributed by atoms with Crippen molar-refractivity contribution in [3.63, 3.8) is 0 Å². The number of likely N-dealkylation sites (N-methyl/N-ethyl adjacent to an activating group) is 1. The first-order chi connectivity index (χ1) is 18.5. The number of nitrogens with one attached hydrogen (secondary N) is 1. The highest BCUT2D eigenvalue weighted by atomic mass is 35.5. The highest BCUT2D eigenvalue weighted by Gasteiger charge is 2.32. The summed E-state index contributed by atoms with van der Waals surface area (Å²) in [5.74, 6) is -1.19. The van der Waals surface area contributed by atoms with Gasteiger partial charge < -0.3 is 15.0 Å². The summed E-state index contributed by atoms with van der Waals surface area (Å²) in [5, 5.41) is 3.10. The van der Waals surface area contributed by atoms with E-state index in [4.69, 9.17) is 27.9 Å². The normalized spacial score (nSPS) is 11.9. The van der Waals surface area contributed by atoms with Crippen LogP contribution in [0.5, 0.6) is 5.75 Å². The summed E-state index contributed by atoms with van der Waals surface area (Å²) in [6, 6.07) is 14.3. The number of carbonyl (C=O) groups excluding carboxylic acids is 2. The van der Waals surface area contributed by atoms with E-state index in [0.717, 1.165) is 28.6 Å². The lowest BCUT2D eigenvalue weighted by atomic mass is 10.1. The number of sulfonamides is 1. The number of carbonyl (C=O) groups is 2. The van der Waals surface area contributed by atoms with Crippen LogP contribution in [0.15, 0.2) is 71.6 Å². The number of nitrogens with zero attached hydrogens (tertiary/aromatic N) is 2. The minimum absolute atomic E-state index is 0.0436. The van der Waals surface area contributed by atoms with Crippen LogP contribution in [-0.4, -0.2) is 51.4 Å². The van der Waals surface area contributed by atoms with Gasteiger partial charge in [0.15, 0.2) is 0 Å². The number of hydrogen-bond acceptors (Lipinski definition) is 5. The van der Waals surface area contributed by atoms with E-state index in [-0.39, 0.29) is 22.2 Å². The van der Waals surface area contributed by atoms with Crippen LogP contribution in [0.4, 0.5) is 10.1 Å². The molecule has 1 atom stereocenters. The number of hydrogen-bond donors (Lipinski definition) is 1. The summed E-state index contributed by atoms with van der Waals surface area (Å²) in [5.41, 5.74) is 0.765. The van der Waals surface area contributed by atoms with Gasteiger partial charge in [-0.3, -0.25) is 13.9 Å². The van der Waals surface area contributed by atoms with E-state index in [2.05, 4.69) is 5.32 Å². The Morgan fingerprint density at radius 1 is 1.00 bits per heavy atom. The van der Waals surface area contributed by atoms with Crippen LogP contribution >= 0.6 is 23.2 Å². The third-order valence-corrected chi connectivity index (χ3v) is 8.39. The zero-order valence-corrected chi connectivity index (χ0v) is 23.9. The molecule has 0 spiro atoms. The zero-order valence-electron chi connectivity index (χ0n) is 21.5. The Bertz CT molecular complexity index is 1420. The second-order valence-electron chi connectivity index (χ2n) is 8.45. The number of anilines is 1. The molecular formula is C27H28Cl2FN3O5S. The Hall–Kier alpha value is -3.34.